The number of carbonyl (C=O) groups excluding carboxylic acids is 1. The Morgan fingerprint density at radius 1 is 1.52 bits per heavy atom. The van der Waals surface area contributed by atoms with Crippen molar-refractivity contribution in [3.05, 3.63) is 35.1 Å². The van der Waals surface area contributed by atoms with E-state index in [1.54, 1.807) is 20.8 Å². The number of aromatic nitrogens is 2. The van der Waals surface area contributed by atoms with E-state index >= 15 is 0 Å². The van der Waals surface area contributed by atoms with Gasteiger partial charge in [0, 0.05) is 30.1 Å². The number of aliphatic hydroxyl groups is 1. The van der Waals surface area contributed by atoms with Crippen molar-refractivity contribution >= 4 is 17.7 Å². The fraction of sp³-hybridized carbons (Fsp3) is 0.462. The summed E-state index contributed by atoms with van der Waals surface area (Å²) in [5.41, 5.74) is -0.465. The maximum atomic E-state index is 12.9. The van der Waals surface area contributed by atoms with Crippen LogP contribution in [0.3, 0.4) is 0 Å². The van der Waals surface area contributed by atoms with Crippen molar-refractivity contribution in [2.75, 3.05) is 6.54 Å². The van der Waals surface area contributed by atoms with Crippen LogP contribution < -0.4 is 5.32 Å². The molecule has 1 rings (SSSR count). The summed E-state index contributed by atoms with van der Waals surface area (Å²) in [6.45, 7) is 4.91. The first-order valence-corrected chi connectivity index (χ1v) is 6.52. The molecule has 116 valence electrons. The fourth-order valence-corrected chi connectivity index (χ4v) is 1.46. The minimum absolute atomic E-state index is 0.0172. The molecule has 6 nitrogen and oxygen atoms in total. The lowest BCUT2D eigenvalue weighted by atomic mass is 10.1. The van der Waals surface area contributed by atoms with Gasteiger partial charge in [0.15, 0.2) is 0 Å². The van der Waals surface area contributed by atoms with E-state index in [2.05, 4.69) is 15.3 Å². The van der Waals surface area contributed by atoms with Gasteiger partial charge in [0.05, 0.1) is 6.33 Å². The molecule has 0 fully saturated rings. The van der Waals surface area contributed by atoms with Crippen LogP contribution in [-0.4, -0.2) is 33.3 Å². The highest BCUT2D eigenvalue weighted by Crippen LogP contribution is 2.20. The average Bonchev–Trinajstić information content (AvgIpc) is 2.38. The molecule has 0 saturated carbocycles. The molecule has 0 aliphatic rings. The van der Waals surface area contributed by atoms with Crippen LogP contribution in [0.2, 0.25) is 5.28 Å². The predicted molar refractivity (Wildman–Crippen MR) is 75.4 cm³/mol. The molecule has 0 radical (unpaired) electrons. The summed E-state index contributed by atoms with van der Waals surface area (Å²) >= 11 is 5.53. The van der Waals surface area contributed by atoms with E-state index in [0.29, 0.717) is 0 Å². The van der Waals surface area contributed by atoms with E-state index < -0.39 is 17.8 Å². The number of aliphatic hydroxyl groups excluding tert-OH is 1. The number of nitrogens with zero attached hydrogens (tertiary/aromatic N) is 2. The number of rotatable bonds is 4. The van der Waals surface area contributed by atoms with Crippen LogP contribution in [-0.2, 0) is 4.74 Å². The third-order valence-corrected chi connectivity index (χ3v) is 2.48. The third-order valence-electron chi connectivity index (χ3n) is 2.28. The Morgan fingerprint density at radius 2 is 2.10 bits per heavy atom. The first kappa shape index (κ1) is 17.3. The second kappa shape index (κ2) is 7.33. The monoisotopic (exact) mass is 317 g/mol. The van der Waals surface area contributed by atoms with Crippen LogP contribution in [0.4, 0.5) is 9.18 Å². The molecule has 0 aliphatic carbocycles. The van der Waals surface area contributed by atoms with Crippen LogP contribution in [0.25, 0.3) is 0 Å². The van der Waals surface area contributed by atoms with Gasteiger partial charge in [-0.25, -0.2) is 19.2 Å². The zero-order valence-corrected chi connectivity index (χ0v) is 12.7. The highest BCUT2D eigenvalue weighted by molar-refractivity contribution is 6.28. The van der Waals surface area contributed by atoms with E-state index in [1.807, 2.05) is 0 Å². The van der Waals surface area contributed by atoms with Crippen LogP contribution in [0.15, 0.2) is 24.3 Å². The molecule has 1 aromatic rings. The molecule has 1 atom stereocenters. The Labute approximate surface area is 127 Å². The molecule has 0 aliphatic heterocycles. The van der Waals surface area contributed by atoms with E-state index in [0.717, 1.165) is 0 Å². The maximum absolute atomic E-state index is 12.9. The normalized spacial score (nSPS) is 13.7. The molecule has 0 aromatic carbocycles. The van der Waals surface area contributed by atoms with E-state index in [9.17, 15) is 14.3 Å². The van der Waals surface area contributed by atoms with Gasteiger partial charge in [-0.05, 0) is 32.4 Å². The van der Waals surface area contributed by atoms with Crippen molar-refractivity contribution in [1.29, 1.82) is 0 Å². The summed E-state index contributed by atoms with van der Waals surface area (Å²) in [5, 5.41) is 12.4. The lowest BCUT2D eigenvalue weighted by molar-refractivity contribution is 0.0529. The smallest absolute Gasteiger partial charge is 0.407 e. The Morgan fingerprint density at radius 3 is 2.57 bits per heavy atom. The lowest BCUT2D eigenvalue weighted by Gasteiger charge is -2.20. The second-order valence-corrected chi connectivity index (χ2v) is 5.57. The largest absolute Gasteiger partial charge is 0.444 e. The molecule has 21 heavy (non-hydrogen) atoms. The molecule has 0 spiro atoms. The van der Waals surface area contributed by atoms with E-state index in [1.165, 1.54) is 12.4 Å². The zero-order valence-electron chi connectivity index (χ0n) is 11.9. The molecule has 0 bridgehead atoms. The van der Waals surface area contributed by atoms with Gasteiger partial charge in [-0.1, -0.05) is 0 Å². The number of carbonyl (C=O) groups is 1. The molecule has 8 heteroatoms. The SMILES string of the molecule is CC(C)(C)OC(=O)NC/C(=C\F)C(O)c1cnc(Cl)nc1. The van der Waals surface area contributed by atoms with Crippen molar-refractivity contribution in [3.8, 4) is 0 Å². The fourth-order valence-electron chi connectivity index (χ4n) is 1.36. The standard InChI is InChI=1S/C13H17ClFN3O3/c1-13(2,3)21-12(20)18-5-8(4-15)10(19)9-6-16-11(14)17-7-9/h4,6-7,10,19H,5H2,1-3H3,(H,18,20)/b8-4+. The summed E-state index contributed by atoms with van der Waals surface area (Å²) in [4.78, 5) is 18.9. The number of hydrogen-bond acceptors (Lipinski definition) is 5. The van der Waals surface area contributed by atoms with Gasteiger partial charge in [0.2, 0.25) is 5.28 Å². The van der Waals surface area contributed by atoms with Crippen LogP contribution in [0.5, 0.6) is 0 Å². The summed E-state index contributed by atoms with van der Waals surface area (Å²) in [5.74, 6) is 0. The number of nitrogens with one attached hydrogen (secondary N) is 1. The van der Waals surface area contributed by atoms with Gasteiger partial charge in [0.1, 0.15) is 11.7 Å². The van der Waals surface area contributed by atoms with Gasteiger partial charge in [-0.2, -0.15) is 0 Å². The quantitative estimate of drug-likeness (QED) is 0.834. The van der Waals surface area contributed by atoms with Crippen LogP contribution >= 0.6 is 11.6 Å². The van der Waals surface area contributed by atoms with Gasteiger partial charge in [-0.15, -0.1) is 0 Å². The predicted octanol–water partition coefficient (Wildman–Crippen LogP) is 2.54. The minimum atomic E-state index is -1.29. The van der Waals surface area contributed by atoms with Crippen LogP contribution in [0.1, 0.15) is 32.4 Å². The van der Waals surface area contributed by atoms with E-state index in [4.69, 9.17) is 16.3 Å². The number of halogens is 2. The van der Waals surface area contributed by atoms with Crippen molar-refractivity contribution in [2.45, 2.75) is 32.5 Å². The first-order chi connectivity index (χ1) is 9.73. The topological polar surface area (TPSA) is 84.3 Å². The summed E-state index contributed by atoms with van der Waals surface area (Å²) in [6.07, 6.45) is 0.772. The number of amides is 1. The highest BCUT2D eigenvalue weighted by Gasteiger charge is 2.19. The maximum Gasteiger partial charge on any atom is 0.407 e. The Bertz CT molecular complexity index is 514. The Kier molecular flexibility index (Phi) is 6.04. The zero-order chi connectivity index (χ0) is 16.0. The molecule has 1 unspecified atom stereocenters. The molecule has 2 N–H and O–H groups in total. The lowest BCUT2D eigenvalue weighted by Crippen LogP contribution is -2.34. The number of alkyl carbamates (subject to hydrolysis) is 1. The minimum Gasteiger partial charge on any atom is -0.444 e. The summed E-state index contributed by atoms with van der Waals surface area (Å²) in [7, 11) is 0. The van der Waals surface area contributed by atoms with Crippen molar-refractivity contribution in [1.82, 2.24) is 15.3 Å². The van der Waals surface area contributed by atoms with Gasteiger partial charge in [-0.3, -0.25) is 0 Å². The number of hydrogen-bond donors (Lipinski definition) is 2. The molecular formula is C13H17ClFN3O3. The van der Waals surface area contributed by atoms with Gasteiger partial charge < -0.3 is 15.2 Å². The van der Waals surface area contributed by atoms with Crippen molar-refractivity contribution in [2.24, 2.45) is 0 Å². The molecule has 0 saturated heterocycles. The second-order valence-electron chi connectivity index (χ2n) is 5.23. The molecule has 1 amide bonds. The van der Waals surface area contributed by atoms with Crippen molar-refractivity contribution in [3.63, 3.8) is 0 Å². The number of ether oxygens (including phenoxy) is 1. The summed E-state index contributed by atoms with van der Waals surface area (Å²) < 4.78 is 17.9. The van der Waals surface area contributed by atoms with Crippen LogP contribution in [0, 0.1) is 0 Å². The first-order valence-electron chi connectivity index (χ1n) is 6.14. The molecule has 1 heterocycles. The molecular weight excluding hydrogens is 301 g/mol. The van der Waals surface area contributed by atoms with E-state index in [-0.39, 0.29) is 29.3 Å². The average molecular weight is 318 g/mol. The molecule has 1 aromatic heterocycles. The third kappa shape index (κ3) is 6.05. The summed E-state index contributed by atoms with van der Waals surface area (Å²) in [6, 6.07) is 0. The Balaban J connectivity index is 2.63. The van der Waals surface area contributed by atoms with Gasteiger partial charge in [0.25, 0.3) is 0 Å². The van der Waals surface area contributed by atoms with Crippen molar-refractivity contribution < 1.29 is 19.0 Å². The highest BCUT2D eigenvalue weighted by atomic mass is 35.5. The Hall–Kier alpha value is -1.73. The van der Waals surface area contributed by atoms with Gasteiger partial charge >= 0.3 is 6.09 Å².